The van der Waals surface area contributed by atoms with E-state index in [4.69, 9.17) is 14.1 Å². The van der Waals surface area contributed by atoms with Crippen molar-refractivity contribution >= 4 is 59.8 Å². The number of piperazine rings is 1. The lowest BCUT2D eigenvalue weighted by Crippen LogP contribution is -2.57. The van der Waals surface area contributed by atoms with E-state index in [0.717, 1.165) is 19.1 Å². The van der Waals surface area contributed by atoms with Gasteiger partial charge < -0.3 is 14.1 Å². The molecule has 10 nitrogen and oxygen atoms in total. The third kappa shape index (κ3) is 8.92. The van der Waals surface area contributed by atoms with Crippen molar-refractivity contribution in [2.45, 2.75) is 173 Å². The molecule has 0 unspecified atom stereocenters. The number of fused-ring (bicyclic) bond motifs is 4. The number of nitrogens with zero attached hydrogens (tertiary/aromatic N) is 5. The average Bonchev–Trinajstić information content (AvgIpc) is 3.44. The van der Waals surface area contributed by atoms with Crippen molar-refractivity contribution in [3.05, 3.63) is 47.7 Å². The molecule has 2 saturated heterocycles. The standard InChI is InChI=1S/C49H69F2N5O5SSi2/c1-28(2)63(29(3)4,30(5)6)22-21-38-41(50)20-17-34-23-37(61-64(31(7)8,32(9)10)33(11)12)24-39(42(34)38)44-43(51)45-40(25-52-44)46(54-47(53-45)62(16,58)59)55-26-35-18-19-36(27-55)56(35)48(57)60-49(13,14)15/h17,20,23-25,28-33,35-36H,18-19,26-27H2,1-16H3/t35-,36+. The second-order valence-corrected chi connectivity index (χ2v) is 33.9. The zero-order chi connectivity index (χ0) is 47.6. The lowest BCUT2D eigenvalue weighted by atomic mass is 9.95. The monoisotopic (exact) mass is 933 g/mol. The molecule has 0 aliphatic carbocycles. The van der Waals surface area contributed by atoms with Gasteiger partial charge in [-0.1, -0.05) is 95.1 Å². The van der Waals surface area contributed by atoms with E-state index in [1.165, 1.54) is 12.3 Å². The Morgan fingerprint density at radius 3 is 1.91 bits per heavy atom. The van der Waals surface area contributed by atoms with E-state index in [2.05, 4.69) is 105 Å². The fourth-order valence-electron chi connectivity index (χ4n) is 11.2. The third-order valence-electron chi connectivity index (χ3n) is 13.9. The summed E-state index contributed by atoms with van der Waals surface area (Å²) in [5.74, 6) is 2.68. The summed E-state index contributed by atoms with van der Waals surface area (Å²) in [6.07, 6.45) is 3.51. The number of aromatic nitrogens is 3. The Morgan fingerprint density at radius 2 is 1.41 bits per heavy atom. The number of ether oxygens (including phenoxy) is 1. The molecule has 348 valence electrons. The highest BCUT2D eigenvalue weighted by atomic mass is 32.2. The SMILES string of the molecule is CC(C)[Si](C#Cc1c(F)ccc2cc(O[Si](C(C)C)(C(C)C)C(C)C)cc(-c3ncc4c(N5C[C@H]6CC[C@@H](C5)N6C(=O)OC(C)(C)C)nc(S(C)(=O)=O)nc4c3F)c12)(C(C)C)C(C)C. The number of sulfone groups is 1. The number of benzene rings is 2. The van der Waals surface area contributed by atoms with E-state index >= 15 is 8.78 Å². The molecule has 0 spiro atoms. The number of halogens is 2. The number of pyridine rings is 1. The maximum absolute atomic E-state index is 17.9. The molecule has 0 saturated carbocycles. The Morgan fingerprint density at radius 1 is 0.844 bits per heavy atom. The van der Waals surface area contributed by atoms with Crippen LogP contribution in [0.2, 0.25) is 33.2 Å². The van der Waals surface area contributed by atoms with Crippen LogP contribution in [0.4, 0.5) is 19.4 Å². The van der Waals surface area contributed by atoms with Gasteiger partial charge in [-0.2, -0.15) is 0 Å². The smallest absolute Gasteiger partial charge is 0.410 e. The van der Waals surface area contributed by atoms with Gasteiger partial charge in [-0.05, 0) is 90.4 Å². The maximum Gasteiger partial charge on any atom is 0.410 e. The molecule has 2 atom stereocenters. The zero-order valence-electron chi connectivity index (χ0n) is 40.8. The quantitative estimate of drug-likeness (QED) is 0.0823. The zero-order valence-corrected chi connectivity index (χ0v) is 43.6. The number of amides is 1. The van der Waals surface area contributed by atoms with E-state index in [0.29, 0.717) is 29.6 Å². The van der Waals surface area contributed by atoms with Gasteiger partial charge in [-0.3, -0.25) is 9.88 Å². The van der Waals surface area contributed by atoms with Crippen LogP contribution in [-0.4, -0.2) is 87.8 Å². The van der Waals surface area contributed by atoms with Gasteiger partial charge in [0.2, 0.25) is 15.0 Å². The summed E-state index contributed by atoms with van der Waals surface area (Å²) in [5, 5.41) is 0.687. The molecule has 2 aromatic carbocycles. The van der Waals surface area contributed by atoms with Gasteiger partial charge in [-0.15, -0.1) is 5.54 Å². The van der Waals surface area contributed by atoms with E-state index in [1.54, 1.807) is 17.0 Å². The molecule has 4 heterocycles. The van der Waals surface area contributed by atoms with Crippen molar-refractivity contribution < 1.29 is 31.2 Å². The Labute approximate surface area is 382 Å². The first-order chi connectivity index (χ1) is 29.6. The number of carbonyl (C=O) groups excluding carboxylic acids is 1. The lowest BCUT2D eigenvalue weighted by Gasteiger charge is -2.42. The molecule has 6 rings (SSSR count). The van der Waals surface area contributed by atoms with Gasteiger partial charge >= 0.3 is 6.09 Å². The van der Waals surface area contributed by atoms with Crippen LogP contribution in [0.5, 0.6) is 5.75 Å². The second-order valence-electron chi connectivity index (χ2n) is 21.0. The van der Waals surface area contributed by atoms with Crippen molar-refractivity contribution in [2.75, 3.05) is 24.2 Å². The van der Waals surface area contributed by atoms with Gasteiger partial charge in [-0.25, -0.2) is 32.0 Å². The Bertz CT molecular complexity index is 2560. The van der Waals surface area contributed by atoms with Crippen LogP contribution in [0.1, 0.15) is 122 Å². The van der Waals surface area contributed by atoms with Gasteiger partial charge in [0.05, 0.1) is 23.0 Å². The number of rotatable bonds is 11. The topological polar surface area (TPSA) is 115 Å². The van der Waals surface area contributed by atoms with Gasteiger partial charge in [0.1, 0.15) is 42.3 Å². The summed E-state index contributed by atoms with van der Waals surface area (Å²) in [4.78, 5) is 30.7. The Kier molecular flexibility index (Phi) is 13.8. The fourth-order valence-corrected chi connectivity index (χ4v) is 22.2. The van der Waals surface area contributed by atoms with Crippen molar-refractivity contribution in [2.24, 2.45) is 0 Å². The molecule has 64 heavy (non-hydrogen) atoms. The number of hydrogen-bond donors (Lipinski definition) is 0. The first-order valence-electron chi connectivity index (χ1n) is 23.0. The highest BCUT2D eigenvalue weighted by Crippen LogP contribution is 2.46. The molecule has 1 amide bonds. The number of carbonyl (C=O) groups is 1. The molecule has 15 heteroatoms. The van der Waals surface area contributed by atoms with Crippen molar-refractivity contribution in [3.63, 3.8) is 0 Å². The van der Waals surface area contributed by atoms with Crippen LogP contribution in [0.25, 0.3) is 32.9 Å². The van der Waals surface area contributed by atoms with E-state index in [9.17, 15) is 13.2 Å². The van der Waals surface area contributed by atoms with Crippen molar-refractivity contribution in [1.29, 1.82) is 0 Å². The highest BCUT2D eigenvalue weighted by Gasteiger charge is 2.48. The highest BCUT2D eigenvalue weighted by molar-refractivity contribution is 7.90. The minimum absolute atomic E-state index is 0.137. The molecular formula is C49H69F2N5O5SSi2. The minimum Gasteiger partial charge on any atom is -0.543 e. The normalized spacial score (nSPS) is 17.5. The minimum atomic E-state index is -4.05. The lowest BCUT2D eigenvalue weighted by molar-refractivity contribution is 0.0122. The van der Waals surface area contributed by atoms with Crippen LogP contribution in [0.3, 0.4) is 0 Å². The average molecular weight is 934 g/mol. The van der Waals surface area contributed by atoms with E-state index in [1.807, 2.05) is 31.7 Å². The maximum atomic E-state index is 17.9. The van der Waals surface area contributed by atoms with E-state index in [-0.39, 0.29) is 78.9 Å². The Balaban J connectivity index is 1.63. The summed E-state index contributed by atoms with van der Waals surface area (Å²) in [6, 6.07) is 6.29. The van der Waals surface area contributed by atoms with Crippen molar-refractivity contribution in [3.8, 4) is 28.5 Å². The molecule has 2 aliphatic heterocycles. The molecule has 2 aliphatic rings. The van der Waals surface area contributed by atoms with Gasteiger partial charge in [0.15, 0.2) is 5.82 Å². The summed E-state index contributed by atoms with van der Waals surface area (Å²) in [7, 11) is -8.97. The predicted octanol–water partition coefficient (Wildman–Crippen LogP) is 12.2. The summed E-state index contributed by atoms with van der Waals surface area (Å²) >= 11 is 0. The molecule has 2 aromatic heterocycles. The second kappa shape index (κ2) is 17.9. The molecule has 0 N–H and O–H groups in total. The molecule has 4 aromatic rings. The predicted molar refractivity (Wildman–Crippen MR) is 260 cm³/mol. The van der Waals surface area contributed by atoms with Crippen LogP contribution >= 0.6 is 0 Å². The third-order valence-corrected chi connectivity index (χ3v) is 27.1. The molecule has 0 radical (unpaired) electrons. The summed E-state index contributed by atoms with van der Waals surface area (Å²) in [6.45, 7) is 32.5. The summed E-state index contributed by atoms with van der Waals surface area (Å²) < 4.78 is 73.9. The van der Waals surface area contributed by atoms with Gasteiger partial charge in [0.25, 0.3) is 8.32 Å². The number of hydrogen-bond acceptors (Lipinski definition) is 9. The van der Waals surface area contributed by atoms with E-state index < -0.39 is 54.7 Å². The fraction of sp³-hybridized carbons (Fsp3) is 0.592. The largest absolute Gasteiger partial charge is 0.543 e. The first-order valence-corrected chi connectivity index (χ1v) is 29.2. The van der Waals surface area contributed by atoms with Crippen LogP contribution < -0.4 is 9.33 Å². The van der Waals surface area contributed by atoms with Crippen LogP contribution in [0, 0.1) is 23.1 Å². The van der Waals surface area contributed by atoms with Crippen LogP contribution in [-0.2, 0) is 14.6 Å². The van der Waals surface area contributed by atoms with Crippen LogP contribution in [0.15, 0.2) is 35.6 Å². The van der Waals surface area contributed by atoms with Crippen molar-refractivity contribution in [1.82, 2.24) is 19.9 Å². The van der Waals surface area contributed by atoms with Gasteiger partial charge in [0, 0.05) is 36.5 Å². The summed E-state index contributed by atoms with van der Waals surface area (Å²) in [5.41, 5.74) is 4.59. The Hall–Kier alpha value is -4.14. The molecule has 2 fully saturated rings. The molecular weight excluding hydrogens is 865 g/mol. The number of anilines is 1. The first kappa shape index (κ1) is 49.3. The molecule has 2 bridgehead atoms.